The van der Waals surface area contributed by atoms with E-state index in [1.165, 1.54) is 14.7 Å². The maximum atomic E-state index is 13.6. The number of hydrogen-bond acceptors (Lipinski definition) is 8. The molecule has 15 heteroatoms. The SMILES string of the molecule is O=C(CNC(=O)[C@@H]1CCCN1C(=O)[C@@H]1CCCN1C(=O)CNC(=O)[C@@H]1CCCN1C(=O)[C@@H]1CCCN1C(=O)C1=C=CC=C1)NCCS. The van der Waals surface area contributed by atoms with Gasteiger partial charge in [0.25, 0.3) is 5.91 Å². The van der Waals surface area contributed by atoms with E-state index in [4.69, 9.17) is 0 Å². The molecule has 4 saturated heterocycles. The quantitative estimate of drug-likeness (QED) is 0.160. The smallest absolute Gasteiger partial charge is 0.262 e. The third-order valence-corrected chi connectivity index (χ3v) is 9.66. The van der Waals surface area contributed by atoms with Crippen molar-refractivity contribution in [2.24, 2.45) is 0 Å². The molecule has 5 rings (SSSR count). The maximum Gasteiger partial charge on any atom is 0.262 e. The third kappa shape index (κ3) is 7.73. The molecular weight excluding hydrogens is 626 g/mol. The van der Waals surface area contributed by atoms with Crippen LogP contribution in [0.1, 0.15) is 51.4 Å². The summed E-state index contributed by atoms with van der Waals surface area (Å²) >= 11 is 4.04. The molecule has 47 heavy (non-hydrogen) atoms. The molecule has 254 valence electrons. The van der Waals surface area contributed by atoms with E-state index < -0.39 is 41.9 Å². The molecule has 0 aromatic carbocycles. The van der Waals surface area contributed by atoms with Gasteiger partial charge in [-0.05, 0) is 63.5 Å². The van der Waals surface area contributed by atoms with Crippen molar-refractivity contribution in [1.29, 1.82) is 0 Å². The standard InChI is InChI=1S/C32H43N7O7S/c40-26(33-13-18-47)19-34-28(42)22-9-3-15-37(22)31(45)24-11-5-14-36(24)27(41)20-35-29(43)23-10-4-16-38(23)32(46)25-12-6-17-39(25)30(44)21-7-1-2-8-21/h1-2,7,22-25,47H,3-6,9-20H2,(H,33,40)(H,34,42)(H,35,43)/t22-,23-,24-,25-/m0/s1. The van der Waals surface area contributed by atoms with Gasteiger partial charge in [0.15, 0.2) is 0 Å². The zero-order valence-electron chi connectivity index (χ0n) is 26.4. The van der Waals surface area contributed by atoms with Crippen LogP contribution in [0.4, 0.5) is 0 Å². The first-order valence-electron chi connectivity index (χ1n) is 16.5. The second kappa shape index (κ2) is 15.7. The van der Waals surface area contributed by atoms with Gasteiger partial charge in [0, 0.05) is 38.5 Å². The molecule has 5 aliphatic rings. The van der Waals surface area contributed by atoms with Gasteiger partial charge in [-0.3, -0.25) is 33.6 Å². The van der Waals surface area contributed by atoms with E-state index >= 15 is 0 Å². The minimum absolute atomic E-state index is 0.201. The second-order valence-corrected chi connectivity index (χ2v) is 12.8. The Morgan fingerprint density at radius 1 is 0.681 bits per heavy atom. The van der Waals surface area contributed by atoms with Gasteiger partial charge in [0.05, 0.1) is 18.7 Å². The predicted molar refractivity (Wildman–Crippen MR) is 173 cm³/mol. The number of nitrogens with zero attached hydrogens (tertiary/aromatic N) is 4. The highest BCUT2D eigenvalue weighted by atomic mass is 32.1. The molecule has 1 aliphatic carbocycles. The van der Waals surface area contributed by atoms with Crippen molar-refractivity contribution in [3.63, 3.8) is 0 Å². The summed E-state index contributed by atoms with van der Waals surface area (Å²) in [7, 11) is 0. The summed E-state index contributed by atoms with van der Waals surface area (Å²) in [6.45, 7) is 1.42. The van der Waals surface area contributed by atoms with Crippen LogP contribution < -0.4 is 16.0 Å². The fourth-order valence-electron chi connectivity index (χ4n) is 7.12. The highest BCUT2D eigenvalue weighted by Gasteiger charge is 2.44. The van der Waals surface area contributed by atoms with Crippen LogP contribution in [0.5, 0.6) is 0 Å². The van der Waals surface area contributed by atoms with Gasteiger partial charge in [-0.25, -0.2) is 0 Å². The fraction of sp³-hybridized carbons (Fsp3) is 0.625. The monoisotopic (exact) mass is 669 g/mol. The van der Waals surface area contributed by atoms with E-state index in [0.29, 0.717) is 95.4 Å². The largest absolute Gasteiger partial charge is 0.354 e. The molecule has 3 N–H and O–H groups in total. The van der Waals surface area contributed by atoms with Crippen molar-refractivity contribution in [1.82, 2.24) is 35.6 Å². The predicted octanol–water partition coefficient (Wildman–Crippen LogP) is -1.12. The Hall–Kier alpha value is -4.10. The van der Waals surface area contributed by atoms with Gasteiger partial charge in [-0.1, -0.05) is 6.08 Å². The Labute approximate surface area is 279 Å². The number of carbonyl (C=O) groups is 7. The molecule has 4 aliphatic heterocycles. The average molecular weight is 670 g/mol. The molecule has 4 heterocycles. The third-order valence-electron chi connectivity index (χ3n) is 9.43. The molecule has 14 nitrogen and oxygen atoms in total. The minimum atomic E-state index is -0.752. The lowest BCUT2D eigenvalue weighted by Gasteiger charge is -2.32. The summed E-state index contributed by atoms with van der Waals surface area (Å²) in [6.07, 6.45) is 9.47. The lowest BCUT2D eigenvalue weighted by Crippen LogP contribution is -2.55. The molecule has 0 aromatic rings. The van der Waals surface area contributed by atoms with Crippen molar-refractivity contribution in [2.45, 2.75) is 75.5 Å². The minimum Gasteiger partial charge on any atom is -0.354 e. The zero-order valence-corrected chi connectivity index (χ0v) is 27.3. The van der Waals surface area contributed by atoms with Gasteiger partial charge in [-0.2, -0.15) is 12.6 Å². The molecule has 0 spiro atoms. The van der Waals surface area contributed by atoms with Gasteiger partial charge in [0.2, 0.25) is 35.4 Å². The molecule has 0 radical (unpaired) electrons. The van der Waals surface area contributed by atoms with Crippen LogP contribution in [0.15, 0.2) is 29.5 Å². The highest BCUT2D eigenvalue weighted by molar-refractivity contribution is 7.80. The lowest BCUT2D eigenvalue weighted by molar-refractivity contribution is -0.147. The normalized spacial score (nSPS) is 24.9. The van der Waals surface area contributed by atoms with Crippen molar-refractivity contribution in [3.8, 4) is 0 Å². The number of allylic oxidation sites excluding steroid dienone is 1. The van der Waals surface area contributed by atoms with Gasteiger partial charge < -0.3 is 35.6 Å². The molecule has 0 unspecified atom stereocenters. The average Bonchev–Trinajstić information content (AvgIpc) is 3.92. The van der Waals surface area contributed by atoms with Crippen LogP contribution in [0.3, 0.4) is 0 Å². The van der Waals surface area contributed by atoms with E-state index in [9.17, 15) is 33.6 Å². The Morgan fingerprint density at radius 3 is 1.74 bits per heavy atom. The first-order valence-corrected chi connectivity index (χ1v) is 17.1. The Morgan fingerprint density at radius 2 is 1.19 bits per heavy atom. The van der Waals surface area contributed by atoms with Gasteiger partial charge >= 0.3 is 0 Å². The van der Waals surface area contributed by atoms with Gasteiger partial charge in [-0.15, -0.1) is 5.73 Å². The molecular formula is C32H43N7O7S. The summed E-state index contributed by atoms with van der Waals surface area (Å²) in [5.41, 5.74) is 3.30. The fourth-order valence-corrected chi connectivity index (χ4v) is 7.23. The zero-order chi connectivity index (χ0) is 33.5. The number of carbonyl (C=O) groups excluding carboxylic acids is 7. The molecule has 0 bridgehead atoms. The first-order chi connectivity index (χ1) is 22.7. The number of amides is 7. The number of thiol groups is 1. The van der Waals surface area contributed by atoms with Crippen molar-refractivity contribution in [3.05, 3.63) is 29.5 Å². The van der Waals surface area contributed by atoms with Crippen LogP contribution in [-0.2, 0) is 33.6 Å². The second-order valence-electron chi connectivity index (χ2n) is 12.4. The van der Waals surface area contributed by atoms with Crippen LogP contribution in [0, 0.1) is 0 Å². The Kier molecular flexibility index (Phi) is 11.4. The van der Waals surface area contributed by atoms with E-state index in [2.05, 4.69) is 34.3 Å². The van der Waals surface area contributed by atoms with E-state index in [1.54, 1.807) is 23.1 Å². The van der Waals surface area contributed by atoms with Crippen LogP contribution in [0.25, 0.3) is 0 Å². The van der Waals surface area contributed by atoms with E-state index in [1.807, 2.05) is 0 Å². The Bertz CT molecular complexity index is 1390. The van der Waals surface area contributed by atoms with Crippen molar-refractivity contribution >= 4 is 54.0 Å². The number of nitrogens with one attached hydrogen (secondary N) is 3. The summed E-state index contributed by atoms with van der Waals surface area (Å²) in [5, 5.41) is 7.91. The lowest BCUT2D eigenvalue weighted by atomic mass is 10.1. The molecule has 4 fully saturated rings. The van der Waals surface area contributed by atoms with Crippen molar-refractivity contribution < 1.29 is 33.6 Å². The van der Waals surface area contributed by atoms with E-state index in [-0.39, 0.29) is 36.7 Å². The molecule has 4 atom stereocenters. The summed E-state index contributed by atoms with van der Waals surface area (Å²) in [5.74, 6) is -1.97. The van der Waals surface area contributed by atoms with Crippen LogP contribution >= 0.6 is 12.6 Å². The molecule has 0 saturated carbocycles. The number of rotatable bonds is 11. The summed E-state index contributed by atoms with van der Waals surface area (Å²) in [4.78, 5) is 97.6. The first kappa shape index (κ1) is 34.2. The number of hydrogen-bond donors (Lipinski definition) is 4. The highest BCUT2D eigenvalue weighted by Crippen LogP contribution is 2.27. The maximum absolute atomic E-state index is 13.6. The topological polar surface area (TPSA) is 169 Å². The summed E-state index contributed by atoms with van der Waals surface area (Å²) < 4.78 is 0. The van der Waals surface area contributed by atoms with Crippen LogP contribution in [-0.4, -0.2) is 137 Å². The van der Waals surface area contributed by atoms with Crippen molar-refractivity contribution in [2.75, 3.05) is 51.6 Å². The summed E-state index contributed by atoms with van der Waals surface area (Å²) in [6, 6.07) is -2.87. The van der Waals surface area contributed by atoms with Crippen LogP contribution in [0.2, 0.25) is 0 Å². The van der Waals surface area contributed by atoms with Gasteiger partial charge in [0.1, 0.15) is 24.2 Å². The van der Waals surface area contributed by atoms with E-state index in [0.717, 1.165) is 0 Å². The number of likely N-dealkylation sites (tertiary alicyclic amines) is 4. The Balaban J connectivity index is 1.13. The molecule has 0 aromatic heterocycles. The molecule has 7 amide bonds.